The Labute approximate surface area is 226 Å². The Morgan fingerprint density at radius 3 is 2.37 bits per heavy atom. The number of aromatic nitrogens is 2. The van der Waals surface area contributed by atoms with Crippen LogP contribution in [0.2, 0.25) is 5.15 Å². The van der Waals surface area contributed by atoms with Crippen LogP contribution in [-0.2, 0) is 16.0 Å². The maximum atomic E-state index is 12.6. The second-order valence-corrected chi connectivity index (χ2v) is 9.63. The standard InChI is InChI=1S/C28H30ClN5O4/c1-18(35)38-25-26(29)32-23(33-27(25)34(2)17-24(36)30-21-10-6-7-11-21)16-19-12-14-22(15-13-19)31-28(37)20-8-4-3-5-9-20/h3-5,8-9,12-15,21H,6-7,10-11,16-17H2,1-2H3,(H,30,36)(H,31,37). The lowest BCUT2D eigenvalue weighted by atomic mass is 10.1. The second-order valence-electron chi connectivity index (χ2n) is 9.28. The fourth-order valence-corrected chi connectivity index (χ4v) is 4.56. The van der Waals surface area contributed by atoms with E-state index in [1.54, 1.807) is 36.2 Å². The molecule has 1 saturated carbocycles. The third kappa shape index (κ3) is 7.29. The van der Waals surface area contributed by atoms with Gasteiger partial charge < -0.3 is 20.3 Å². The third-order valence-electron chi connectivity index (χ3n) is 6.17. The van der Waals surface area contributed by atoms with Gasteiger partial charge in [0.2, 0.25) is 11.7 Å². The fraction of sp³-hybridized carbons (Fsp3) is 0.321. The van der Waals surface area contributed by atoms with Crippen molar-refractivity contribution in [2.24, 2.45) is 0 Å². The van der Waals surface area contributed by atoms with Gasteiger partial charge in [0.25, 0.3) is 5.91 Å². The lowest BCUT2D eigenvalue weighted by Gasteiger charge is -2.22. The smallest absolute Gasteiger partial charge is 0.308 e. The van der Waals surface area contributed by atoms with Crippen LogP contribution < -0.4 is 20.3 Å². The lowest BCUT2D eigenvalue weighted by molar-refractivity contribution is -0.131. The summed E-state index contributed by atoms with van der Waals surface area (Å²) in [6, 6.07) is 16.5. The highest BCUT2D eigenvalue weighted by atomic mass is 35.5. The van der Waals surface area contributed by atoms with E-state index >= 15 is 0 Å². The number of amides is 2. The monoisotopic (exact) mass is 535 g/mol. The molecule has 2 aromatic carbocycles. The lowest BCUT2D eigenvalue weighted by Crippen LogP contribution is -2.40. The number of esters is 1. The number of nitrogens with one attached hydrogen (secondary N) is 2. The molecule has 198 valence electrons. The average Bonchev–Trinajstić information content (AvgIpc) is 3.39. The van der Waals surface area contributed by atoms with Crippen LogP contribution in [0.3, 0.4) is 0 Å². The van der Waals surface area contributed by atoms with Crippen molar-refractivity contribution < 1.29 is 19.1 Å². The quantitative estimate of drug-likeness (QED) is 0.308. The Bertz CT molecular complexity index is 1290. The minimum atomic E-state index is -0.568. The molecular formula is C28H30ClN5O4. The third-order valence-corrected chi connectivity index (χ3v) is 6.43. The van der Waals surface area contributed by atoms with Gasteiger partial charge in [0, 0.05) is 37.7 Å². The van der Waals surface area contributed by atoms with Gasteiger partial charge in [0.05, 0.1) is 6.54 Å². The number of rotatable bonds is 9. The van der Waals surface area contributed by atoms with Gasteiger partial charge in [0.15, 0.2) is 11.0 Å². The molecule has 1 heterocycles. The maximum absolute atomic E-state index is 12.6. The first kappa shape index (κ1) is 27.1. The molecule has 0 atom stereocenters. The number of halogens is 1. The Morgan fingerprint density at radius 2 is 1.71 bits per heavy atom. The Hall–Kier alpha value is -3.98. The van der Waals surface area contributed by atoms with Gasteiger partial charge in [-0.3, -0.25) is 14.4 Å². The minimum Gasteiger partial charge on any atom is -0.419 e. The summed E-state index contributed by atoms with van der Waals surface area (Å²) in [5.41, 5.74) is 2.10. The summed E-state index contributed by atoms with van der Waals surface area (Å²) < 4.78 is 5.30. The van der Waals surface area contributed by atoms with Gasteiger partial charge in [-0.1, -0.05) is 54.8 Å². The number of hydrogen-bond acceptors (Lipinski definition) is 7. The molecular weight excluding hydrogens is 506 g/mol. The summed E-state index contributed by atoms with van der Waals surface area (Å²) in [4.78, 5) is 47.2. The SMILES string of the molecule is CC(=O)Oc1c(Cl)nc(Cc2ccc(NC(=O)c3ccccc3)cc2)nc1N(C)CC(=O)NC1CCCC1. The van der Waals surface area contributed by atoms with E-state index in [4.69, 9.17) is 16.3 Å². The molecule has 0 saturated heterocycles. The Kier molecular flexibility index (Phi) is 8.91. The number of likely N-dealkylation sites (N-methyl/N-ethyl adjacent to an activating group) is 1. The summed E-state index contributed by atoms with van der Waals surface area (Å²) >= 11 is 6.40. The summed E-state index contributed by atoms with van der Waals surface area (Å²) in [6.07, 6.45) is 4.52. The summed E-state index contributed by atoms with van der Waals surface area (Å²) in [5, 5.41) is 5.89. The van der Waals surface area contributed by atoms with Crippen LogP contribution in [0.25, 0.3) is 0 Å². The van der Waals surface area contributed by atoms with Crippen LogP contribution in [0, 0.1) is 0 Å². The van der Waals surface area contributed by atoms with Crippen molar-refractivity contribution in [1.29, 1.82) is 0 Å². The van der Waals surface area contributed by atoms with Crippen LogP contribution >= 0.6 is 11.6 Å². The number of benzene rings is 2. The molecule has 1 aliphatic carbocycles. The van der Waals surface area contributed by atoms with Crippen molar-refractivity contribution in [3.8, 4) is 5.75 Å². The minimum absolute atomic E-state index is 0.0121. The zero-order valence-corrected chi connectivity index (χ0v) is 22.1. The second kappa shape index (κ2) is 12.5. The first-order valence-electron chi connectivity index (χ1n) is 12.5. The predicted molar refractivity (Wildman–Crippen MR) is 146 cm³/mol. The Balaban J connectivity index is 1.48. The molecule has 1 aromatic heterocycles. The van der Waals surface area contributed by atoms with Gasteiger partial charge in [-0.05, 0) is 42.7 Å². The molecule has 0 radical (unpaired) electrons. The van der Waals surface area contributed by atoms with Gasteiger partial charge in [0.1, 0.15) is 5.82 Å². The van der Waals surface area contributed by atoms with E-state index in [1.165, 1.54) is 6.92 Å². The van der Waals surface area contributed by atoms with Crippen LogP contribution in [0.15, 0.2) is 54.6 Å². The van der Waals surface area contributed by atoms with E-state index in [0.29, 0.717) is 23.5 Å². The van der Waals surface area contributed by atoms with Gasteiger partial charge in [-0.15, -0.1) is 0 Å². The van der Waals surface area contributed by atoms with Gasteiger partial charge >= 0.3 is 5.97 Å². The van der Waals surface area contributed by atoms with Crippen LogP contribution in [-0.4, -0.2) is 47.4 Å². The molecule has 0 spiro atoms. The van der Waals surface area contributed by atoms with Crippen LogP contribution in [0.4, 0.5) is 11.5 Å². The molecule has 38 heavy (non-hydrogen) atoms. The van der Waals surface area contributed by atoms with E-state index in [0.717, 1.165) is 31.2 Å². The molecule has 4 rings (SSSR count). The van der Waals surface area contributed by atoms with E-state index in [-0.39, 0.29) is 41.1 Å². The van der Waals surface area contributed by atoms with E-state index in [2.05, 4.69) is 20.6 Å². The van der Waals surface area contributed by atoms with Gasteiger partial charge in [-0.2, -0.15) is 0 Å². The summed E-state index contributed by atoms with van der Waals surface area (Å²) in [5.74, 6) is -0.246. The molecule has 9 nitrogen and oxygen atoms in total. The molecule has 2 amide bonds. The molecule has 1 fully saturated rings. The number of hydrogen-bond donors (Lipinski definition) is 2. The van der Waals surface area contributed by atoms with Crippen molar-refractivity contribution in [3.63, 3.8) is 0 Å². The van der Waals surface area contributed by atoms with Crippen molar-refractivity contribution in [1.82, 2.24) is 15.3 Å². The van der Waals surface area contributed by atoms with Gasteiger partial charge in [-0.25, -0.2) is 9.97 Å². The average molecular weight is 536 g/mol. The topological polar surface area (TPSA) is 114 Å². The highest BCUT2D eigenvalue weighted by molar-refractivity contribution is 6.31. The number of anilines is 2. The molecule has 0 unspecified atom stereocenters. The zero-order valence-electron chi connectivity index (χ0n) is 21.4. The van der Waals surface area contributed by atoms with Crippen molar-refractivity contribution >= 4 is 40.9 Å². The predicted octanol–water partition coefficient (Wildman–Crippen LogP) is 4.39. The first-order valence-corrected chi connectivity index (χ1v) is 12.9. The van der Waals surface area contributed by atoms with E-state index in [9.17, 15) is 14.4 Å². The summed E-state index contributed by atoms with van der Waals surface area (Å²) in [6.45, 7) is 1.28. The molecule has 3 aromatic rings. The number of nitrogens with zero attached hydrogens (tertiary/aromatic N) is 3. The van der Waals surface area contributed by atoms with Crippen LogP contribution in [0.5, 0.6) is 5.75 Å². The normalized spacial score (nSPS) is 13.1. The molecule has 2 N–H and O–H groups in total. The highest BCUT2D eigenvalue weighted by Crippen LogP contribution is 2.33. The molecule has 0 aliphatic heterocycles. The maximum Gasteiger partial charge on any atom is 0.308 e. The summed E-state index contributed by atoms with van der Waals surface area (Å²) in [7, 11) is 1.69. The first-order chi connectivity index (χ1) is 18.3. The van der Waals surface area contributed by atoms with Crippen LogP contribution in [0.1, 0.15) is 54.4 Å². The van der Waals surface area contributed by atoms with Crippen molar-refractivity contribution in [2.45, 2.75) is 45.1 Å². The van der Waals surface area contributed by atoms with E-state index < -0.39 is 5.97 Å². The largest absolute Gasteiger partial charge is 0.419 e. The highest BCUT2D eigenvalue weighted by Gasteiger charge is 2.23. The number of carbonyl (C=O) groups excluding carboxylic acids is 3. The molecule has 0 bridgehead atoms. The van der Waals surface area contributed by atoms with E-state index in [1.807, 2.05) is 30.3 Å². The van der Waals surface area contributed by atoms with Crippen molar-refractivity contribution in [3.05, 3.63) is 76.7 Å². The zero-order chi connectivity index (χ0) is 27.1. The molecule has 10 heteroatoms. The van der Waals surface area contributed by atoms with Crippen molar-refractivity contribution in [2.75, 3.05) is 23.8 Å². The number of carbonyl (C=O) groups is 3. The Morgan fingerprint density at radius 1 is 1.03 bits per heavy atom. The molecule has 1 aliphatic rings. The fourth-order valence-electron chi connectivity index (χ4n) is 4.34. The number of ether oxygens (including phenoxy) is 1.